The molecule has 0 aromatic heterocycles. The maximum absolute atomic E-state index is 13.0. The number of nitrogens with one attached hydrogen (secondary N) is 2. The van der Waals surface area contributed by atoms with Gasteiger partial charge in [0.15, 0.2) is 0 Å². The summed E-state index contributed by atoms with van der Waals surface area (Å²) in [5.74, 6) is -0.306. The van der Waals surface area contributed by atoms with Crippen LogP contribution in [0, 0.1) is 0 Å². The van der Waals surface area contributed by atoms with E-state index in [1.165, 1.54) is 5.56 Å². The lowest BCUT2D eigenvalue weighted by molar-refractivity contribution is -0.123. The van der Waals surface area contributed by atoms with E-state index in [4.69, 9.17) is 5.73 Å². The second-order valence-electron chi connectivity index (χ2n) is 9.28. The minimum absolute atomic E-state index is 0.00472. The number of carbonyl (C=O) groups is 1. The zero-order valence-electron chi connectivity index (χ0n) is 17.5. The monoisotopic (exact) mass is 379 g/mol. The van der Waals surface area contributed by atoms with Crippen molar-refractivity contribution in [1.29, 1.82) is 0 Å². The number of hydrogen-bond acceptors (Lipinski definition) is 3. The smallest absolute Gasteiger partial charge is 0.229 e. The molecule has 0 radical (unpaired) electrons. The number of rotatable bonds is 5. The quantitative estimate of drug-likeness (QED) is 0.740. The fraction of sp³-hybridized carbons (Fsp3) is 0.458. The molecule has 2 aromatic carbocycles. The molecule has 1 fully saturated rings. The molecule has 1 amide bonds. The summed E-state index contributed by atoms with van der Waals surface area (Å²) in [7, 11) is 0. The molecule has 0 aliphatic carbocycles. The molecule has 1 aliphatic heterocycles. The third-order valence-corrected chi connectivity index (χ3v) is 5.51. The Labute approximate surface area is 168 Å². The van der Waals surface area contributed by atoms with Crippen molar-refractivity contribution in [2.24, 2.45) is 5.73 Å². The molecule has 0 unspecified atom stereocenters. The van der Waals surface area contributed by atoms with E-state index in [1.54, 1.807) is 0 Å². The van der Waals surface area contributed by atoms with Gasteiger partial charge in [0.25, 0.3) is 0 Å². The minimum Gasteiger partial charge on any atom is -0.353 e. The number of benzene rings is 2. The normalized spacial score (nSPS) is 19.8. The van der Waals surface area contributed by atoms with Crippen molar-refractivity contribution >= 4 is 5.91 Å². The predicted molar refractivity (Wildman–Crippen MR) is 116 cm³/mol. The van der Waals surface area contributed by atoms with Crippen LogP contribution in [0.25, 0.3) is 11.1 Å². The van der Waals surface area contributed by atoms with Crippen LogP contribution in [0.2, 0.25) is 0 Å². The molecule has 1 aliphatic rings. The summed E-state index contributed by atoms with van der Waals surface area (Å²) in [6.07, 6.45) is 1.82. The third kappa shape index (κ3) is 5.00. The molecule has 3 rings (SSSR count). The van der Waals surface area contributed by atoms with Crippen LogP contribution in [0.4, 0.5) is 0 Å². The second kappa shape index (κ2) is 8.06. The van der Waals surface area contributed by atoms with Crippen molar-refractivity contribution in [2.45, 2.75) is 63.6 Å². The van der Waals surface area contributed by atoms with Crippen LogP contribution in [-0.2, 0) is 4.79 Å². The Morgan fingerprint density at radius 2 is 1.54 bits per heavy atom. The Morgan fingerprint density at radius 1 is 1.00 bits per heavy atom. The Balaban J connectivity index is 1.71. The number of carbonyl (C=O) groups excluding carboxylic acids is 1. The summed E-state index contributed by atoms with van der Waals surface area (Å²) in [4.78, 5) is 13.0. The molecule has 1 saturated heterocycles. The van der Waals surface area contributed by atoms with Crippen LogP contribution in [-0.4, -0.2) is 29.6 Å². The average molecular weight is 380 g/mol. The van der Waals surface area contributed by atoms with Gasteiger partial charge in [0.2, 0.25) is 5.91 Å². The molecule has 0 saturated carbocycles. The van der Waals surface area contributed by atoms with Crippen molar-refractivity contribution in [3.05, 3.63) is 60.2 Å². The van der Waals surface area contributed by atoms with Crippen molar-refractivity contribution in [3.8, 4) is 11.1 Å². The van der Waals surface area contributed by atoms with Crippen molar-refractivity contribution in [3.63, 3.8) is 0 Å². The summed E-state index contributed by atoms with van der Waals surface area (Å²) in [5.41, 5.74) is 9.26. The van der Waals surface area contributed by atoms with E-state index in [0.29, 0.717) is 6.54 Å². The van der Waals surface area contributed by atoms with E-state index in [-0.39, 0.29) is 28.9 Å². The van der Waals surface area contributed by atoms with Gasteiger partial charge in [-0.05, 0) is 57.2 Å². The highest BCUT2D eigenvalue weighted by Crippen LogP contribution is 2.29. The lowest BCUT2D eigenvalue weighted by Gasteiger charge is -2.46. The number of nitrogens with two attached hydrogens (primary N) is 1. The van der Waals surface area contributed by atoms with Crippen LogP contribution in [0.15, 0.2) is 54.6 Å². The fourth-order valence-corrected chi connectivity index (χ4v) is 4.66. The first-order chi connectivity index (χ1) is 13.2. The Bertz CT molecular complexity index is 780. The summed E-state index contributed by atoms with van der Waals surface area (Å²) in [5, 5.41) is 6.92. The second-order valence-corrected chi connectivity index (χ2v) is 9.28. The first-order valence-electron chi connectivity index (χ1n) is 10.1. The Kier molecular flexibility index (Phi) is 5.92. The number of hydrogen-bond donors (Lipinski definition) is 3. The Morgan fingerprint density at radius 3 is 2.07 bits per heavy atom. The highest BCUT2D eigenvalue weighted by atomic mass is 16.2. The maximum Gasteiger partial charge on any atom is 0.229 e. The van der Waals surface area contributed by atoms with E-state index in [2.05, 4.69) is 62.6 Å². The van der Waals surface area contributed by atoms with Gasteiger partial charge in [0.1, 0.15) is 0 Å². The zero-order chi connectivity index (χ0) is 20.4. The highest BCUT2D eigenvalue weighted by molar-refractivity contribution is 5.84. The van der Waals surface area contributed by atoms with E-state index >= 15 is 0 Å². The van der Waals surface area contributed by atoms with Gasteiger partial charge in [0, 0.05) is 23.7 Å². The molecule has 4 N–H and O–H groups in total. The molecule has 4 nitrogen and oxygen atoms in total. The summed E-state index contributed by atoms with van der Waals surface area (Å²) in [6, 6.07) is 18.6. The van der Waals surface area contributed by atoms with Gasteiger partial charge in [-0.1, -0.05) is 54.6 Å². The van der Waals surface area contributed by atoms with Crippen LogP contribution >= 0.6 is 0 Å². The molecule has 2 aromatic rings. The van der Waals surface area contributed by atoms with E-state index in [9.17, 15) is 4.79 Å². The molecule has 4 heteroatoms. The Hall–Kier alpha value is -2.17. The van der Waals surface area contributed by atoms with E-state index in [0.717, 1.165) is 24.0 Å². The average Bonchev–Trinajstić information content (AvgIpc) is 2.61. The third-order valence-electron chi connectivity index (χ3n) is 5.51. The standard InChI is InChI=1S/C24H33N3O/c1-23(2)14-20(15-24(3,4)27-23)26-22(28)21(16-25)19-12-10-18(11-13-19)17-8-6-5-7-9-17/h5-13,20-21,27H,14-16,25H2,1-4H3,(H,26,28)/t21-/m0/s1. The van der Waals surface area contributed by atoms with Gasteiger partial charge >= 0.3 is 0 Å². The first kappa shape index (κ1) is 20.6. The summed E-state index contributed by atoms with van der Waals surface area (Å²) < 4.78 is 0. The SMILES string of the molecule is CC1(C)CC(NC(=O)[C@@H](CN)c2ccc(-c3ccccc3)cc2)CC(C)(C)N1. The van der Waals surface area contributed by atoms with Crippen molar-refractivity contribution in [1.82, 2.24) is 10.6 Å². The molecular weight excluding hydrogens is 346 g/mol. The highest BCUT2D eigenvalue weighted by Gasteiger charge is 2.38. The van der Waals surface area contributed by atoms with Crippen molar-refractivity contribution < 1.29 is 4.79 Å². The number of piperidine rings is 1. The fourth-order valence-electron chi connectivity index (χ4n) is 4.66. The molecule has 150 valence electrons. The lowest BCUT2D eigenvalue weighted by Crippen LogP contribution is -2.62. The topological polar surface area (TPSA) is 67.2 Å². The predicted octanol–water partition coefficient (Wildman–Crippen LogP) is 3.82. The van der Waals surface area contributed by atoms with Gasteiger partial charge in [-0.25, -0.2) is 0 Å². The van der Waals surface area contributed by atoms with Gasteiger partial charge in [-0.2, -0.15) is 0 Å². The van der Waals surface area contributed by atoms with Gasteiger partial charge in [-0.15, -0.1) is 0 Å². The molecule has 0 spiro atoms. The lowest BCUT2D eigenvalue weighted by atomic mass is 9.79. The van der Waals surface area contributed by atoms with Gasteiger partial charge < -0.3 is 16.4 Å². The molecule has 1 heterocycles. The minimum atomic E-state index is -0.328. The molecule has 28 heavy (non-hydrogen) atoms. The van der Waals surface area contributed by atoms with Gasteiger partial charge in [-0.3, -0.25) is 4.79 Å². The van der Waals surface area contributed by atoms with Gasteiger partial charge in [0.05, 0.1) is 5.92 Å². The molecule has 0 bridgehead atoms. The van der Waals surface area contributed by atoms with Crippen LogP contribution < -0.4 is 16.4 Å². The maximum atomic E-state index is 13.0. The summed E-state index contributed by atoms with van der Waals surface area (Å²) >= 11 is 0. The first-order valence-corrected chi connectivity index (χ1v) is 10.1. The van der Waals surface area contributed by atoms with E-state index in [1.807, 2.05) is 30.3 Å². The largest absolute Gasteiger partial charge is 0.353 e. The van der Waals surface area contributed by atoms with E-state index < -0.39 is 0 Å². The van der Waals surface area contributed by atoms with Crippen LogP contribution in [0.5, 0.6) is 0 Å². The number of amides is 1. The zero-order valence-corrected chi connectivity index (χ0v) is 17.5. The summed E-state index contributed by atoms with van der Waals surface area (Å²) in [6.45, 7) is 9.06. The van der Waals surface area contributed by atoms with Crippen LogP contribution in [0.3, 0.4) is 0 Å². The van der Waals surface area contributed by atoms with Crippen LogP contribution in [0.1, 0.15) is 52.0 Å². The molecular formula is C24H33N3O. The molecule has 1 atom stereocenters. The van der Waals surface area contributed by atoms with Crippen molar-refractivity contribution in [2.75, 3.05) is 6.54 Å².